The largest absolute Gasteiger partial charge is 0.394 e. The minimum absolute atomic E-state index is 0.0660. The number of hydrogen-bond donors (Lipinski definition) is 4. The lowest BCUT2D eigenvalue weighted by Gasteiger charge is -2.23. The summed E-state index contributed by atoms with van der Waals surface area (Å²) in [5.41, 5.74) is 4.99. The highest BCUT2D eigenvalue weighted by atomic mass is 16.3. The van der Waals surface area contributed by atoms with E-state index in [2.05, 4.69) is 10.6 Å². The number of aliphatic hydroxyl groups is 1. The second-order valence-electron chi connectivity index (χ2n) is 4.03. The molecule has 1 unspecified atom stereocenters. The van der Waals surface area contributed by atoms with Crippen molar-refractivity contribution in [2.75, 3.05) is 6.61 Å². The molecule has 6 heteroatoms. The molecule has 16 heavy (non-hydrogen) atoms. The Kier molecular flexibility index (Phi) is 6.48. The molecule has 3 amide bonds. The lowest BCUT2D eigenvalue weighted by molar-refractivity contribution is -0.124. The molecule has 0 heterocycles. The van der Waals surface area contributed by atoms with E-state index >= 15 is 0 Å². The number of carbonyl (C=O) groups is 2. The Morgan fingerprint density at radius 2 is 1.88 bits per heavy atom. The predicted octanol–water partition coefficient (Wildman–Crippen LogP) is -0.434. The Balaban J connectivity index is 4.43. The molecular weight excluding hydrogens is 210 g/mol. The van der Waals surface area contributed by atoms with Crippen LogP contribution in [0.25, 0.3) is 0 Å². The Labute approximate surface area is 95.6 Å². The number of primary amides is 1. The molecule has 0 saturated carbocycles. The Bertz CT molecular complexity index is 239. The van der Waals surface area contributed by atoms with Crippen molar-refractivity contribution in [2.24, 2.45) is 11.7 Å². The van der Waals surface area contributed by atoms with Gasteiger partial charge in [0.25, 0.3) is 0 Å². The molecule has 2 atom stereocenters. The van der Waals surface area contributed by atoms with Gasteiger partial charge in [-0.2, -0.15) is 0 Å². The number of aliphatic hydroxyl groups excluding tert-OH is 1. The van der Waals surface area contributed by atoms with E-state index in [-0.39, 0.29) is 24.5 Å². The van der Waals surface area contributed by atoms with Crippen LogP contribution in [0.5, 0.6) is 0 Å². The fourth-order valence-electron chi connectivity index (χ4n) is 1.26. The smallest absolute Gasteiger partial charge is 0.312 e. The van der Waals surface area contributed by atoms with Crippen LogP contribution in [-0.2, 0) is 4.79 Å². The third-order valence-electron chi connectivity index (χ3n) is 2.31. The molecule has 0 aromatic rings. The maximum absolute atomic E-state index is 11.8. The van der Waals surface area contributed by atoms with Crippen molar-refractivity contribution < 1.29 is 14.7 Å². The van der Waals surface area contributed by atoms with E-state index in [9.17, 15) is 9.59 Å². The summed E-state index contributed by atoms with van der Waals surface area (Å²) < 4.78 is 0. The standard InChI is InChI=1S/C10H21N3O3/c1-4-7(5-14)12-9(15)8(6(2)3)13-10(11)16/h6-8,14H,4-5H2,1-3H3,(H,12,15)(H3,11,13,16)/t7-,8?/m1/s1. The van der Waals surface area contributed by atoms with Gasteiger partial charge in [0.15, 0.2) is 0 Å². The Morgan fingerprint density at radius 3 is 2.19 bits per heavy atom. The zero-order valence-electron chi connectivity index (χ0n) is 9.99. The zero-order valence-corrected chi connectivity index (χ0v) is 9.99. The van der Waals surface area contributed by atoms with Crippen LogP contribution in [0.15, 0.2) is 0 Å². The lowest BCUT2D eigenvalue weighted by atomic mass is 10.0. The molecule has 0 bridgehead atoms. The van der Waals surface area contributed by atoms with Gasteiger partial charge in [0.2, 0.25) is 5.91 Å². The molecule has 0 radical (unpaired) electrons. The first kappa shape index (κ1) is 14.7. The van der Waals surface area contributed by atoms with Gasteiger partial charge >= 0.3 is 6.03 Å². The summed E-state index contributed by atoms with van der Waals surface area (Å²) in [6.07, 6.45) is 0.629. The van der Waals surface area contributed by atoms with Crippen molar-refractivity contribution in [3.05, 3.63) is 0 Å². The summed E-state index contributed by atoms with van der Waals surface area (Å²) in [6, 6.07) is -1.69. The molecular formula is C10H21N3O3. The summed E-state index contributed by atoms with van der Waals surface area (Å²) in [5.74, 6) is -0.390. The van der Waals surface area contributed by atoms with Gasteiger partial charge in [0, 0.05) is 0 Å². The fourth-order valence-corrected chi connectivity index (χ4v) is 1.26. The summed E-state index contributed by atoms with van der Waals surface area (Å²) in [4.78, 5) is 22.5. The molecule has 0 rings (SSSR count). The van der Waals surface area contributed by atoms with Gasteiger partial charge in [0.05, 0.1) is 12.6 Å². The zero-order chi connectivity index (χ0) is 12.7. The van der Waals surface area contributed by atoms with Gasteiger partial charge in [-0.15, -0.1) is 0 Å². The van der Waals surface area contributed by atoms with E-state index in [1.165, 1.54) is 0 Å². The number of rotatable bonds is 6. The molecule has 6 nitrogen and oxygen atoms in total. The topological polar surface area (TPSA) is 104 Å². The average molecular weight is 231 g/mol. The number of hydrogen-bond acceptors (Lipinski definition) is 3. The fraction of sp³-hybridized carbons (Fsp3) is 0.800. The number of urea groups is 1. The molecule has 94 valence electrons. The molecule has 0 spiro atoms. The third kappa shape index (κ3) is 4.97. The SMILES string of the molecule is CC[C@H](CO)NC(=O)C(NC(N)=O)C(C)C. The minimum atomic E-state index is -0.731. The highest BCUT2D eigenvalue weighted by Gasteiger charge is 2.24. The van der Waals surface area contributed by atoms with Crippen molar-refractivity contribution >= 4 is 11.9 Å². The first-order valence-electron chi connectivity index (χ1n) is 5.39. The monoisotopic (exact) mass is 231 g/mol. The number of amides is 3. The van der Waals surface area contributed by atoms with Gasteiger partial charge in [0.1, 0.15) is 6.04 Å². The van der Waals surface area contributed by atoms with Crippen molar-refractivity contribution in [3.63, 3.8) is 0 Å². The van der Waals surface area contributed by atoms with E-state index in [1.807, 2.05) is 6.92 Å². The van der Waals surface area contributed by atoms with Crippen molar-refractivity contribution in [3.8, 4) is 0 Å². The summed E-state index contributed by atoms with van der Waals surface area (Å²) in [7, 11) is 0. The van der Waals surface area contributed by atoms with Crippen molar-refractivity contribution in [1.29, 1.82) is 0 Å². The molecule has 0 saturated heterocycles. The maximum Gasteiger partial charge on any atom is 0.312 e. The second kappa shape index (κ2) is 7.05. The minimum Gasteiger partial charge on any atom is -0.394 e. The Hall–Kier alpha value is -1.30. The highest BCUT2D eigenvalue weighted by molar-refractivity contribution is 5.86. The van der Waals surface area contributed by atoms with E-state index < -0.39 is 12.1 Å². The van der Waals surface area contributed by atoms with E-state index in [4.69, 9.17) is 10.8 Å². The molecule has 0 aromatic carbocycles. The average Bonchev–Trinajstić information content (AvgIpc) is 2.21. The second-order valence-corrected chi connectivity index (χ2v) is 4.03. The summed E-state index contributed by atoms with van der Waals surface area (Å²) in [6.45, 7) is 5.34. The quantitative estimate of drug-likeness (QED) is 0.498. The van der Waals surface area contributed by atoms with Crippen molar-refractivity contribution in [1.82, 2.24) is 10.6 Å². The molecule has 0 aromatic heterocycles. The molecule has 0 fully saturated rings. The van der Waals surface area contributed by atoms with Crippen LogP contribution in [0.2, 0.25) is 0 Å². The van der Waals surface area contributed by atoms with Gasteiger partial charge in [-0.25, -0.2) is 4.79 Å². The van der Waals surface area contributed by atoms with Crippen LogP contribution in [-0.4, -0.2) is 35.7 Å². The predicted molar refractivity (Wildman–Crippen MR) is 60.7 cm³/mol. The van der Waals surface area contributed by atoms with Crippen LogP contribution in [0, 0.1) is 5.92 Å². The number of nitrogens with two attached hydrogens (primary N) is 1. The summed E-state index contributed by atoms with van der Waals surface area (Å²) >= 11 is 0. The lowest BCUT2D eigenvalue weighted by Crippen LogP contribution is -2.53. The van der Waals surface area contributed by atoms with Crippen LogP contribution >= 0.6 is 0 Å². The van der Waals surface area contributed by atoms with Crippen LogP contribution in [0.4, 0.5) is 4.79 Å². The van der Waals surface area contributed by atoms with Crippen molar-refractivity contribution in [2.45, 2.75) is 39.3 Å². The van der Waals surface area contributed by atoms with Gasteiger partial charge < -0.3 is 21.5 Å². The summed E-state index contributed by atoms with van der Waals surface area (Å²) in [5, 5.41) is 14.0. The molecule has 5 N–H and O–H groups in total. The van der Waals surface area contributed by atoms with Gasteiger partial charge in [-0.05, 0) is 12.3 Å². The van der Waals surface area contributed by atoms with Crippen LogP contribution in [0.3, 0.4) is 0 Å². The van der Waals surface area contributed by atoms with Crippen LogP contribution < -0.4 is 16.4 Å². The molecule has 0 aliphatic rings. The number of nitrogens with one attached hydrogen (secondary N) is 2. The van der Waals surface area contributed by atoms with E-state index in [1.54, 1.807) is 13.8 Å². The molecule has 0 aliphatic heterocycles. The third-order valence-corrected chi connectivity index (χ3v) is 2.31. The normalized spacial score (nSPS) is 14.3. The first-order chi connectivity index (χ1) is 7.42. The van der Waals surface area contributed by atoms with Crippen LogP contribution in [0.1, 0.15) is 27.2 Å². The van der Waals surface area contributed by atoms with Gasteiger partial charge in [-0.3, -0.25) is 4.79 Å². The highest BCUT2D eigenvalue weighted by Crippen LogP contribution is 2.02. The van der Waals surface area contributed by atoms with E-state index in [0.717, 1.165) is 0 Å². The van der Waals surface area contributed by atoms with E-state index in [0.29, 0.717) is 6.42 Å². The van der Waals surface area contributed by atoms with Gasteiger partial charge in [-0.1, -0.05) is 20.8 Å². The number of carbonyl (C=O) groups excluding carboxylic acids is 2. The first-order valence-corrected chi connectivity index (χ1v) is 5.39. The maximum atomic E-state index is 11.8. The molecule has 0 aliphatic carbocycles. The Morgan fingerprint density at radius 1 is 1.31 bits per heavy atom.